The maximum atomic E-state index is 6.08. The molecular formula is C11H12ClN. The quantitative estimate of drug-likeness (QED) is 0.729. The first-order valence-corrected chi connectivity index (χ1v) is 4.86. The van der Waals surface area contributed by atoms with Crippen molar-refractivity contribution in [2.75, 3.05) is 6.54 Å². The van der Waals surface area contributed by atoms with Gasteiger partial charge in [-0.3, -0.25) is 0 Å². The first kappa shape index (κ1) is 8.79. The summed E-state index contributed by atoms with van der Waals surface area (Å²) >= 11 is 6.08. The van der Waals surface area contributed by atoms with Crippen molar-refractivity contribution < 1.29 is 0 Å². The molecule has 13 heavy (non-hydrogen) atoms. The Hall–Kier alpha value is -0.790. The lowest BCUT2D eigenvalue weighted by Gasteiger charge is -2.16. The van der Waals surface area contributed by atoms with Crippen LogP contribution in [0.3, 0.4) is 0 Å². The Morgan fingerprint density at radius 3 is 2.92 bits per heavy atom. The van der Waals surface area contributed by atoms with Crippen molar-refractivity contribution in [2.45, 2.75) is 12.8 Å². The molecule has 2 N–H and O–H groups in total. The van der Waals surface area contributed by atoms with Gasteiger partial charge in [-0.2, -0.15) is 0 Å². The Balaban J connectivity index is 2.49. The summed E-state index contributed by atoms with van der Waals surface area (Å²) in [4.78, 5) is 0. The van der Waals surface area contributed by atoms with Gasteiger partial charge in [0.15, 0.2) is 0 Å². The minimum absolute atomic E-state index is 0.644. The van der Waals surface area contributed by atoms with Gasteiger partial charge in [-0.25, -0.2) is 0 Å². The summed E-state index contributed by atoms with van der Waals surface area (Å²) in [5.41, 5.74) is 9.39. The van der Waals surface area contributed by atoms with Crippen molar-refractivity contribution in [1.29, 1.82) is 0 Å². The minimum Gasteiger partial charge on any atom is -0.327 e. The Morgan fingerprint density at radius 1 is 1.31 bits per heavy atom. The fraction of sp³-hybridized carbons (Fsp3) is 0.273. The molecule has 0 aliphatic heterocycles. The largest absolute Gasteiger partial charge is 0.327 e. The highest BCUT2D eigenvalue weighted by Gasteiger charge is 2.11. The molecule has 2 heteroatoms. The smallest absolute Gasteiger partial charge is 0.0481 e. The van der Waals surface area contributed by atoms with Crippen molar-refractivity contribution in [1.82, 2.24) is 0 Å². The predicted molar refractivity (Wildman–Crippen MR) is 56.8 cm³/mol. The normalized spacial score (nSPS) is 15.1. The molecule has 0 atom stereocenters. The van der Waals surface area contributed by atoms with Crippen molar-refractivity contribution >= 4 is 17.7 Å². The number of benzene rings is 1. The van der Waals surface area contributed by atoms with E-state index in [1.807, 2.05) is 12.1 Å². The van der Waals surface area contributed by atoms with Gasteiger partial charge < -0.3 is 5.73 Å². The van der Waals surface area contributed by atoms with Crippen molar-refractivity contribution in [3.05, 3.63) is 39.9 Å². The molecule has 1 aliphatic carbocycles. The first-order chi connectivity index (χ1) is 6.31. The van der Waals surface area contributed by atoms with Gasteiger partial charge in [-0.1, -0.05) is 35.4 Å². The van der Waals surface area contributed by atoms with Crippen LogP contribution in [0.2, 0.25) is 5.02 Å². The van der Waals surface area contributed by atoms with Gasteiger partial charge in [0, 0.05) is 11.6 Å². The first-order valence-electron chi connectivity index (χ1n) is 4.48. The zero-order chi connectivity index (χ0) is 9.26. The van der Waals surface area contributed by atoms with Gasteiger partial charge in [-0.05, 0) is 30.0 Å². The lowest BCUT2D eigenvalue weighted by molar-refractivity contribution is 0.893. The van der Waals surface area contributed by atoms with Crippen LogP contribution in [-0.4, -0.2) is 6.54 Å². The molecular weight excluding hydrogens is 182 g/mol. The van der Waals surface area contributed by atoms with E-state index in [-0.39, 0.29) is 0 Å². The van der Waals surface area contributed by atoms with Gasteiger partial charge in [0.1, 0.15) is 0 Å². The fourth-order valence-corrected chi connectivity index (χ4v) is 1.94. The van der Waals surface area contributed by atoms with Gasteiger partial charge in [-0.15, -0.1) is 0 Å². The van der Waals surface area contributed by atoms with E-state index in [0.717, 1.165) is 23.4 Å². The summed E-state index contributed by atoms with van der Waals surface area (Å²) in [5, 5.41) is 0.836. The number of hydrogen-bond donors (Lipinski definition) is 1. The van der Waals surface area contributed by atoms with E-state index < -0.39 is 0 Å². The van der Waals surface area contributed by atoms with E-state index in [9.17, 15) is 0 Å². The molecule has 0 saturated heterocycles. The Kier molecular flexibility index (Phi) is 2.38. The van der Waals surface area contributed by atoms with E-state index in [1.165, 1.54) is 11.1 Å². The van der Waals surface area contributed by atoms with Crippen LogP contribution in [0.25, 0.3) is 6.08 Å². The third kappa shape index (κ3) is 1.62. The van der Waals surface area contributed by atoms with Crippen molar-refractivity contribution in [3.63, 3.8) is 0 Å². The molecule has 0 saturated carbocycles. The van der Waals surface area contributed by atoms with E-state index in [0.29, 0.717) is 6.54 Å². The van der Waals surface area contributed by atoms with Crippen molar-refractivity contribution in [2.24, 2.45) is 5.73 Å². The molecule has 2 rings (SSSR count). The molecule has 0 spiro atoms. The molecule has 0 aromatic heterocycles. The molecule has 0 bridgehead atoms. The summed E-state index contributed by atoms with van der Waals surface area (Å²) < 4.78 is 0. The molecule has 1 aromatic rings. The van der Waals surface area contributed by atoms with E-state index in [1.54, 1.807) is 0 Å². The molecule has 0 radical (unpaired) electrons. The van der Waals surface area contributed by atoms with Gasteiger partial charge in [0.25, 0.3) is 0 Å². The van der Waals surface area contributed by atoms with Crippen LogP contribution < -0.4 is 5.73 Å². The average Bonchev–Trinajstić information content (AvgIpc) is 2.18. The third-order valence-corrected chi connectivity index (χ3v) is 2.80. The Morgan fingerprint density at radius 2 is 2.15 bits per heavy atom. The molecule has 0 unspecified atom stereocenters. The van der Waals surface area contributed by atoms with E-state index >= 15 is 0 Å². The number of nitrogens with two attached hydrogens (primary N) is 1. The van der Waals surface area contributed by atoms with Crippen LogP contribution in [0.5, 0.6) is 0 Å². The lowest BCUT2D eigenvalue weighted by atomic mass is 9.92. The van der Waals surface area contributed by atoms with Crippen LogP contribution in [-0.2, 0) is 6.42 Å². The average molecular weight is 194 g/mol. The van der Waals surface area contributed by atoms with Crippen LogP contribution in [0.1, 0.15) is 17.5 Å². The van der Waals surface area contributed by atoms with Gasteiger partial charge in [0.2, 0.25) is 0 Å². The Bertz CT molecular complexity index is 355. The number of halogens is 1. The monoisotopic (exact) mass is 193 g/mol. The SMILES string of the molecule is NCC1=Cc2c(Cl)cccc2CC1. The van der Waals surface area contributed by atoms with E-state index in [2.05, 4.69) is 12.1 Å². The number of fused-ring (bicyclic) bond motifs is 1. The molecule has 1 aliphatic rings. The fourth-order valence-electron chi connectivity index (χ4n) is 1.69. The molecule has 0 amide bonds. The summed E-state index contributed by atoms with van der Waals surface area (Å²) in [6, 6.07) is 6.06. The second kappa shape index (κ2) is 3.52. The highest BCUT2D eigenvalue weighted by Crippen LogP contribution is 2.28. The maximum Gasteiger partial charge on any atom is 0.0481 e. The van der Waals surface area contributed by atoms with Gasteiger partial charge >= 0.3 is 0 Å². The topological polar surface area (TPSA) is 26.0 Å². The zero-order valence-corrected chi connectivity index (χ0v) is 8.14. The summed E-state index contributed by atoms with van der Waals surface area (Å²) in [7, 11) is 0. The van der Waals surface area contributed by atoms with E-state index in [4.69, 9.17) is 17.3 Å². The Labute approximate surface area is 83.2 Å². The predicted octanol–water partition coefficient (Wildman–Crippen LogP) is 2.63. The van der Waals surface area contributed by atoms with Crippen LogP contribution in [0.4, 0.5) is 0 Å². The lowest BCUT2D eigenvalue weighted by Crippen LogP contribution is -2.08. The highest BCUT2D eigenvalue weighted by atomic mass is 35.5. The van der Waals surface area contributed by atoms with Crippen molar-refractivity contribution in [3.8, 4) is 0 Å². The maximum absolute atomic E-state index is 6.08. The molecule has 0 heterocycles. The summed E-state index contributed by atoms with van der Waals surface area (Å²) in [6.07, 6.45) is 4.27. The summed E-state index contributed by atoms with van der Waals surface area (Å²) in [6.45, 7) is 0.644. The molecule has 1 aromatic carbocycles. The van der Waals surface area contributed by atoms with Gasteiger partial charge in [0.05, 0.1) is 0 Å². The second-order valence-electron chi connectivity index (χ2n) is 3.32. The third-order valence-electron chi connectivity index (χ3n) is 2.47. The molecule has 0 fully saturated rings. The summed E-state index contributed by atoms with van der Waals surface area (Å²) in [5.74, 6) is 0. The number of aryl methyl sites for hydroxylation is 1. The van der Waals surface area contributed by atoms with Crippen LogP contribution in [0, 0.1) is 0 Å². The molecule has 68 valence electrons. The number of rotatable bonds is 1. The van der Waals surface area contributed by atoms with Crippen LogP contribution >= 0.6 is 11.6 Å². The molecule has 1 nitrogen and oxygen atoms in total. The van der Waals surface area contributed by atoms with Crippen LogP contribution in [0.15, 0.2) is 23.8 Å². The standard InChI is InChI=1S/C11H12ClN/c12-11-3-1-2-9-5-4-8(7-13)6-10(9)11/h1-3,6H,4-5,7,13H2. The minimum atomic E-state index is 0.644. The second-order valence-corrected chi connectivity index (χ2v) is 3.73. The highest BCUT2D eigenvalue weighted by molar-refractivity contribution is 6.32. The number of hydrogen-bond acceptors (Lipinski definition) is 1. The zero-order valence-electron chi connectivity index (χ0n) is 7.39.